The molecule has 0 aliphatic carbocycles. The van der Waals surface area contributed by atoms with Crippen molar-refractivity contribution in [3.05, 3.63) is 66.4 Å². The van der Waals surface area contributed by atoms with Gasteiger partial charge in [0.15, 0.2) is 6.10 Å². The van der Waals surface area contributed by atoms with E-state index >= 15 is 0 Å². The molecule has 1 aliphatic heterocycles. The van der Waals surface area contributed by atoms with Crippen LogP contribution in [0.5, 0.6) is 5.75 Å². The van der Waals surface area contributed by atoms with Gasteiger partial charge in [0.05, 0.1) is 22.5 Å². The molecule has 2 aromatic heterocycles. The highest BCUT2D eigenvalue weighted by Crippen LogP contribution is 2.32. The van der Waals surface area contributed by atoms with Crippen molar-refractivity contribution in [2.24, 2.45) is 7.05 Å². The number of benzene rings is 2. The van der Waals surface area contributed by atoms with Crippen molar-refractivity contribution in [1.82, 2.24) is 14.8 Å². The number of carbonyl (C=O) groups excluding carboxylic acids is 2. The molecule has 0 bridgehead atoms. The van der Waals surface area contributed by atoms with Crippen molar-refractivity contribution < 1.29 is 14.3 Å². The first-order valence-corrected chi connectivity index (χ1v) is 9.81. The number of nitrogens with one attached hydrogen (secondary N) is 2. The summed E-state index contributed by atoms with van der Waals surface area (Å²) in [5, 5.41) is 10.8. The molecule has 154 valence electrons. The quantitative estimate of drug-likeness (QED) is 0.535. The van der Waals surface area contributed by atoms with Crippen LogP contribution in [0.3, 0.4) is 0 Å². The van der Waals surface area contributed by atoms with Crippen molar-refractivity contribution >= 4 is 34.1 Å². The Morgan fingerprint density at radius 3 is 2.77 bits per heavy atom. The Labute approximate surface area is 177 Å². The lowest BCUT2D eigenvalue weighted by Crippen LogP contribution is -2.34. The number of rotatable bonds is 3. The predicted molar refractivity (Wildman–Crippen MR) is 117 cm³/mol. The van der Waals surface area contributed by atoms with Gasteiger partial charge in [-0.05, 0) is 43.3 Å². The van der Waals surface area contributed by atoms with E-state index < -0.39 is 6.10 Å². The Hall–Kier alpha value is -4.20. The minimum Gasteiger partial charge on any atom is -0.479 e. The summed E-state index contributed by atoms with van der Waals surface area (Å²) < 4.78 is 7.26. The van der Waals surface area contributed by atoms with Gasteiger partial charge in [0.1, 0.15) is 11.4 Å². The van der Waals surface area contributed by atoms with Crippen molar-refractivity contribution in [2.45, 2.75) is 13.0 Å². The van der Waals surface area contributed by atoms with Gasteiger partial charge in [-0.2, -0.15) is 5.10 Å². The summed E-state index contributed by atoms with van der Waals surface area (Å²) >= 11 is 0. The van der Waals surface area contributed by atoms with Crippen LogP contribution >= 0.6 is 0 Å². The smallest absolute Gasteiger partial charge is 0.265 e. The first-order chi connectivity index (χ1) is 15.0. The Bertz CT molecular complexity index is 1340. The number of para-hydroxylation sites is 1. The summed E-state index contributed by atoms with van der Waals surface area (Å²) in [7, 11) is 1.83. The number of aryl methyl sites for hydroxylation is 1. The summed E-state index contributed by atoms with van der Waals surface area (Å²) in [6.07, 6.45) is 1.28. The van der Waals surface area contributed by atoms with Crippen LogP contribution in [0.4, 0.5) is 11.4 Å². The summed E-state index contributed by atoms with van der Waals surface area (Å²) in [4.78, 5) is 29.8. The molecule has 0 spiro atoms. The predicted octanol–water partition coefficient (Wildman–Crippen LogP) is 3.61. The van der Waals surface area contributed by atoms with Crippen molar-refractivity contribution in [2.75, 3.05) is 10.6 Å². The van der Waals surface area contributed by atoms with E-state index in [0.717, 1.165) is 5.39 Å². The van der Waals surface area contributed by atoms with Gasteiger partial charge in [0.25, 0.3) is 11.8 Å². The summed E-state index contributed by atoms with van der Waals surface area (Å²) in [5.74, 6) is 0.0557. The summed E-state index contributed by atoms with van der Waals surface area (Å²) in [5.41, 5.74) is 3.56. The van der Waals surface area contributed by atoms with Crippen molar-refractivity contribution in [3.63, 3.8) is 0 Å². The number of nitrogens with zero attached hydrogens (tertiary/aromatic N) is 3. The Morgan fingerprint density at radius 1 is 1.13 bits per heavy atom. The van der Waals surface area contributed by atoms with Gasteiger partial charge in [-0.1, -0.05) is 18.2 Å². The van der Waals surface area contributed by atoms with E-state index in [1.54, 1.807) is 35.9 Å². The van der Waals surface area contributed by atoms with E-state index in [0.29, 0.717) is 39.6 Å². The van der Waals surface area contributed by atoms with Gasteiger partial charge in [0.2, 0.25) is 0 Å². The molecule has 0 unspecified atom stereocenters. The minimum atomic E-state index is -0.554. The molecule has 0 radical (unpaired) electrons. The van der Waals surface area contributed by atoms with E-state index in [4.69, 9.17) is 4.74 Å². The van der Waals surface area contributed by atoms with Gasteiger partial charge in [0, 0.05) is 24.3 Å². The molecule has 3 heterocycles. The molecule has 8 heteroatoms. The molecule has 5 rings (SSSR count). The normalized spacial score (nSPS) is 15.2. The molecule has 2 amide bonds. The second-order valence-electron chi connectivity index (χ2n) is 7.36. The van der Waals surface area contributed by atoms with Crippen LogP contribution in [0.25, 0.3) is 22.3 Å². The largest absolute Gasteiger partial charge is 0.479 e. The van der Waals surface area contributed by atoms with Crippen LogP contribution in [-0.4, -0.2) is 32.7 Å². The van der Waals surface area contributed by atoms with Gasteiger partial charge < -0.3 is 15.4 Å². The van der Waals surface area contributed by atoms with Crippen LogP contribution < -0.4 is 15.4 Å². The highest BCUT2D eigenvalue weighted by atomic mass is 16.5. The molecule has 2 N–H and O–H groups in total. The molecular weight excluding hydrogens is 394 g/mol. The van der Waals surface area contributed by atoms with Crippen LogP contribution in [0.15, 0.2) is 60.8 Å². The van der Waals surface area contributed by atoms with Crippen LogP contribution in [0, 0.1) is 0 Å². The van der Waals surface area contributed by atoms with Gasteiger partial charge >= 0.3 is 0 Å². The topological polar surface area (TPSA) is 98.1 Å². The third-order valence-electron chi connectivity index (χ3n) is 5.11. The maximum atomic E-state index is 13.2. The first-order valence-electron chi connectivity index (χ1n) is 9.81. The summed E-state index contributed by atoms with van der Waals surface area (Å²) in [6, 6.07) is 16.2. The monoisotopic (exact) mass is 413 g/mol. The maximum Gasteiger partial charge on any atom is 0.265 e. The van der Waals surface area contributed by atoms with Gasteiger partial charge in [-0.25, -0.2) is 4.98 Å². The SMILES string of the molecule is C[C@@H]1Oc2ccc(NC(=O)c3cc(-c4ccn(C)n4)nc4ccccc34)cc2NC1=O. The molecule has 1 atom stereocenters. The number of aromatic nitrogens is 3. The molecular formula is C23H19N5O3. The minimum absolute atomic E-state index is 0.226. The number of amides is 2. The maximum absolute atomic E-state index is 13.2. The Kier molecular flexibility index (Phi) is 4.39. The molecule has 2 aromatic carbocycles. The average molecular weight is 413 g/mol. The van der Waals surface area contributed by atoms with Crippen LogP contribution in [-0.2, 0) is 11.8 Å². The number of hydrogen-bond acceptors (Lipinski definition) is 5. The van der Waals surface area contributed by atoms with E-state index in [9.17, 15) is 9.59 Å². The van der Waals surface area contributed by atoms with Crippen LogP contribution in [0.2, 0.25) is 0 Å². The zero-order valence-corrected chi connectivity index (χ0v) is 16.9. The van der Waals surface area contributed by atoms with E-state index in [2.05, 4.69) is 20.7 Å². The third-order valence-corrected chi connectivity index (χ3v) is 5.11. The summed E-state index contributed by atoms with van der Waals surface area (Å²) in [6.45, 7) is 1.68. The van der Waals surface area contributed by atoms with E-state index in [-0.39, 0.29) is 11.8 Å². The second kappa shape index (κ2) is 7.24. The molecule has 0 fully saturated rings. The fraction of sp³-hybridized carbons (Fsp3) is 0.130. The molecule has 0 saturated heterocycles. The average Bonchev–Trinajstić information content (AvgIpc) is 3.20. The molecule has 4 aromatic rings. The van der Waals surface area contributed by atoms with Gasteiger partial charge in [-0.15, -0.1) is 0 Å². The third kappa shape index (κ3) is 3.48. The molecule has 8 nitrogen and oxygen atoms in total. The fourth-order valence-electron chi connectivity index (χ4n) is 3.53. The lowest BCUT2D eigenvalue weighted by Gasteiger charge is -2.23. The lowest BCUT2D eigenvalue weighted by molar-refractivity contribution is -0.122. The lowest BCUT2D eigenvalue weighted by atomic mass is 10.1. The Balaban J connectivity index is 1.51. The first kappa shape index (κ1) is 18.8. The number of carbonyl (C=O) groups is 2. The number of anilines is 2. The zero-order chi connectivity index (χ0) is 21.5. The zero-order valence-electron chi connectivity index (χ0n) is 16.9. The Morgan fingerprint density at radius 2 is 1.97 bits per heavy atom. The highest BCUT2D eigenvalue weighted by Gasteiger charge is 2.24. The highest BCUT2D eigenvalue weighted by molar-refractivity contribution is 6.13. The van der Waals surface area contributed by atoms with Crippen molar-refractivity contribution in [1.29, 1.82) is 0 Å². The molecule has 0 saturated carbocycles. The van der Waals surface area contributed by atoms with Crippen molar-refractivity contribution in [3.8, 4) is 17.1 Å². The number of ether oxygens (including phenoxy) is 1. The fourth-order valence-corrected chi connectivity index (χ4v) is 3.53. The van der Waals surface area contributed by atoms with Crippen LogP contribution in [0.1, 0.15) is 17.3 Å². The number of hydrogen-bond donors (Lipinski definition) is 2. The standard InChI is InChI=1S/C23H19N5O3/c1-13-22(29)26-20-11-14(7-8-21(20)31-13)24-23(30)16-12-19(18-9-10-28(2)27-18)25-17-6-4-3-5-15(16)17/h3-13H,1-2H3,(H,24,30)(H,26,29)/t13-/m0/s1. The molecule has 1 aliphatic rings. The number of pyridine rings is 1. The molecule has 31 heavy (non-hydrogen) atoms. The van der Waals surface area contributed by atoms with Gasteiger partial charge in [-0.3, -0.25) is 14.3 Å². The second-order valence-corrected chi connectivity index (χ2v) is 7.36. The van der Waals surface area contributed by atoms with E-state index in [1.165, 1.54) is 0 Å². The number of fused-ring (bicyclic) bond motifs is 2. The van der Waals surface area contributed by atoms with E-state index in [1.807, 2.05) is 43.6 Å².